The fraction of sp³-hybridized carbons (Fsp3) is 0.741. The first-order valence-electron chi connectivity index (χ1n) is 12.0. The van der Waals surface area contributed by atoms with Crippen molar-refractivity contribution in [3.63, 3.8) is 0 Å². The van der Waals surface area contributed by atoms with Crippen molar-refractivity contribution >= 4 is 18.0 Å². The fourth-order valence-electron chi connectivity index (χ4n) is 8.22. The minimum atomic E-state index is -1.45. The van der Waals surface area contributed by atoms with Crippen molar-refractivity contribution < 1.29 is 19.5 Å². The third kappa shape index (κ3) is 2.53. The third-order valence-corrected chi connectivity index (χ3v) is 9.38. The van der Waals surface area contributed by atoms with E-state index in [1.807, 2.05) is 13.8 Å². The Labute approximate surface area is 186 Å². The molecule has 0 heterocycles. The zero-order valence-electron chi connectivity index (χ0n) is 19.5. The fourth-order valence-corrected chi connectivity index (χ4v) is 8.22. The van der Waals surface area contributed by atoms with Crippen LogP contribution < -0.4 is 0 Å². The maximum absolute atomic E-state index is 13.9. The number of Topliss-reactive ketones (excluding diaryl/α,β-unsaturated/α-hetero) is 1. The number of carboxylic acids is 1. The molecule has 4 aliphatic carbocycles. The summed E-state index contributed by atoms with van der Waals surface area (Å²) in [6.45, 7) is 10.4. The molecule has 0 radical (unpaired) electrons. The van der Waals surface area contributed by atoms with Gasteiger partial charge in [-0.3, -0.25) is 9.59 Å². The van der Waals surface area contributed by atoms with Crippen LogP contribution in [0.15, 0.2) is 11.6 Å². The van der Waals surface area contributed by atoms with Gasteiger partial charge in [0.05, 0.1) is 10.8 Å². The highest BCUT2D eigenvalue weighted by molar-refractivity contribution is 6.08. The average Bonchev–Trinajstić information content (AvgIpc) is 3.28. The normalized spacial score (nSPS) is 42.2. The monoisotopic (exact) mass is 424 g/mol. The number of fused-ring (bicyclic) bond motifs is 2. The molecule has 1 N–H and O–H groups in total. The van der Waals surface area contributed by atoms with E-state index >= 15 is 0 Å². The maximum atomic E-state index is 13.9. The van der Waals surface area contributed by atoms with E-state index in [0.29, 0.717) is 31.1 Å². The van der Waals surface area contributed by atoms with E-state index in [0.717, 1.165) is 31.1 Å². The van der Waals surface area contributed by atoms with Gasteiger partial charge in [0.2, 0.25) is 5.78 Å². The van der Waals surface area contributed by atoms with Crippen LogP contribution in [0.4, 0.5) is 0 Å². The lowest BCUT2D eigenvalue weighted by Gasteiger charge is -2.57. The first-order chi connectivity index (χ1) is 14.6. The summed E-state index contributed by atoms with van der Waals surface area (Å²) in [6, 6.07) is 0. The quantitative estimate of drug-likeness (QED) is 0.284. The highest BCUT2D eigenvalue weighted by Crippen LogP contribution is 2.82. The third-order valence-electron chi connectivity index (χ3n) is 9.38. The second kappa shape index (κ2) is 7.32. The number of carbonyl (C=O) groups is 3. The van der Waals surface area contributed by atoms with Gasteiger partial charge in [-0.25, -0.2) is 0 Å². The Bertz CT molecular complexity index is 902. The molecule has 31 heavy (non-hydrogen) atoms. The summed E-state index contributed by atoms with van der Waals surface area (Å²) in [5, 5.41) is 10.9. The van der Waals surface area contributed by atoms with Crippen molar-refractivity contribution in [1.29, 1.82) is 0 Å². The van der Waals surface area contributed by atoms with E-state index in [1.165, 1.54) is 0 Å². The molecule has 4 bridgehead atoms. The molecule has 0 aromatic rings. The van der Waals surface area contributed by atoms with Gasteiger partial charge in [0.25, 0.3) is 0 Å². The van der Waals surface area contributed by atoms with Crippen LogP contribution in [0.3, 0.4) is 0 Å². The van der Waals surface area contributed by atoms with Gasteiger partial charge in [0.15, 0.2) is 0 Å². The molecule has 4 nitrogen and oxygen atoms in total. The molecular formula is C27H36O4. The Hall–Kier alpha value is -1.89. The van der Waals surface area contributed by atoms with Crippen LogP contribution in [0.1, 0.15) is 73.1 Å². The molecule has 4 rings (SSSR count). The summed E-state index contributed by atoms with van der Waals surface area (Å²) in [7, 11) is 0. The Morgan fingerprint density at radius 3 is 2.52 bits per heavy atom. The van der Waals surface area contributed by atoms with Gasteiger partial charge in [-0.05, 0) is 67.1 Å². The Morgan fingerprint density at radius 2 is 1.94 bits per heavy atom. The molecule has 0 aromatic carbocycles. The van der Waals surface area contributed by atoms with E-state index in [-0.39, 0.29) is 29.5 Å². The summed E-state index contributed by atoms with van der Waals surface area (Å²) in [5.74, 6) is 5.64. The van der Waals surface area contributed by atoms with E-state index in [9.17, 15) is 19.5 Å². The molecule has 168 valence electrons. The van der Waals surface area contributed by atoms with Crippen LogP contribution in [-0.2, 0) is 14.4 Å². The maximum Gasteiger partial charge on any atom is 0.315 e. The smallest absolute Gasteiger partial charge is 0.315 e. The summed E-state index contributed by atoms with van der Waals surface area (Å²) < 4.78 is 0. The molecule has 3 fully saturated rings. The summed E-state index contributed by atoms with van der Waals surface area (Å²) >= 11 is 0. The van der Waals surface area contributed by atoms with E-state index in [1.54, 1.807) is 0 Å². The van der Waals surface area contributed by atoms with Gasteiger partial charge < -0.3 is 9.90 Å². The number of hydrogen-bond acceptors (Lipinski definition) is 3. The number of carbonyl (C=O) groups excluding carboxylic acids is 2. The Balaban J connectivity index is 1.92. The van der Waals surface area contributed by atoms with Gasteiger partial charge in [0.1, 0.15) is 11.7 Å². The van der Waals surface area contributed by atoms with Crippen molar-refractivity contribution in [1.82, 2.24) is 0 Å². The minimum absolute atomic E-state index is 0.0304. The number of aliphatic carboxylic acids is 1. The van der Waals surface area contributed by atoms with Gasteiger partial charge in [-0.2, -0.15) is 0 Å². The predicted octanol–water partition coefficient (Wildman–Crippen LogP) is 4.92. The number of carboxylic acid groups (broad SMARTS) is 1. The summed E-state index contributed by atoms with van der Waals surface area (Å²) in [6.07, 6.45) is 7.46. The Morgan fingerprint density at radius 1 is 1.23 bits per heavy atom. The molecule has 4 aliphatic rings. The lowest BCUT2D eigenvalue weighted by atomic mass is 9.42. The lowest BCUT2D eigenvalue weighted by Crippen LogP contribution is -2.64. The molecule has 0 amide bonds. The van der Waals surface area contributed by atoms with Crippen molar-refractivity contribution in [2.75, 3.05) is 0 Å². The number of allylic oxidation sites excluding steroid dienone is 1. The molecule has 3 saturated carbocycles. The Kier molecular flexibility index (Phi) is 5.27. The first kappa shape index (κ1) is 22.3. The summed E-state index contributed by atoms with van der Waals surface area (Å²) in [4.78, 5) is 40.1. The average molecular weight is 425 g/mol. The minimum Gasteiger partial charge on any atom is -0.481 e. The van der Waals surface area contributed by atoms with Crippen LogP contribution in [0.25, 0.3) is 0 Å². The highest BCUT2D eigenvalue weighted by Gasteiger charge is 2.86. The van der Waals surface area contributed by atoms with Crippen LogP contribution in [-0.4, -0.2) is 23.1 Å². The molecule has 0 aliphatic heterocycles. The standard InChI is InChI=1S/C27H36O4/c1-16(2)8-6-7-9-23(29)26-14-20-18(5)10-11-21(20)25(15-28)13-19(26)12-22(17(3)4)27(25,26)24(30)31/h12,15-21H,6,8,10-11,13-14H2,1-5H3,(H,30,31)/t18-,19+,20-,21-,25+,26-,27+/m1/s1. The topological polar surface area (TPSA) is 71.4 Å². The van der Waals surface area contributed by atoms with Gasteiger partial charge in [0, 0.05) is 6.42 Å². The number of rotatable bonds is 6. The first-order valence-corrected chi connectivity index (χ1v) is 12.0. The molecule has 4 heteroatoms. The van der Waals surface area contributed by atoms with Gasteiger partial charge in [-0.1, -0.05) is 58.6 Å². The molecule has 0 saturated heterocycles. The summed E-state index contributed by atoms with van der Waals surface area (Å²) in [5.41, 5.74) is -2.76. The molecular weight excluding hydrogens is 388 g/mol. The van der Waals surface area contributed by atoms with E-state index in [2.05, 4.69) is 38.7 Å². The van der Waals surface area contributed by atoms with Crippen LogP contribution >= 0.6 is 0 Å². The van der Waals surface area contributed by atoms with Gasteiger partial charge in [-0.15, -0.1) is 0 Å². The van der Waals surface area contributed by atoms with Gasteiger partial charge >= 0.3 is 5.97 Å². The van der Waals surface area contributed by atoms with Crippen molar-refractivity contribution in [2.24, 2.45) is 51.8 Å². The van der Waals surface area contributed by atoms with Crippen LogP contribution in [0.2, 0.25) is 0 Å². The number of ketones is 1. The largest absolute Gasteiger partial charge is 0.481 e. The SMILES string of the molecule is CC(C)CCC#CC(=O)[C@@]12C[C@@H]3[C@H](C)CC[C@H]3[C@@]3(C=O)C[C@@H]1C=C(C(C)C)[C@@]23C(=O)O. The van der Waals surface area contributed by atoms with E-state index in [4.69, 9.17) is 0 Å². The zero-order valence-corrected chi connectivity index (χ0v) is 19.5. The van der Waals surface area contributed by atoms with Crippen LogP contribution in [0, 0.1) is 63.6 Å². The van der Waals surface area contributed by atoms with Crippen molar-refractivity contribution in [3.8, 4) is 11.8 Å². The van der Waals surface area contributed by atoms with Crippen LogP contribution in [0.5, 0.6) is 0 Å². The highest BCUT2D eigenvalue weighted by atomic mass is 16.4. The zero-order chi connectivity index (χ0) is 22.8. The molecule has 7 atom stereocenters. The second-order valence-electron chi connectivity index (χ2n) is 11.4. The predicted molar refractivity (Wildman–Crippen MR) is 119 cm³/mol. The van der Waals surface area contributed by atoms with E-state index < -0.39 is 22.2 Å². The molecule has 0 spiro atoms. The molecule has 0 unspecified atom stereocenters. The lowest BCUT2D eigenvalue weighted by molar-refractivity contribution is -0.181. The number of hydrogen-bond donors (Lipinski definition) is 1. The number of aldehydes is 1. The van der Waals surface area contributed by atoms with Crippen molar-refractivity contribution in [3.05, 3.63) is 11.6 Å². The second-order valence-corrected chi connectivity index (χ2v) is 11.4. The molecule has 0 aromatic heterocycles. The van der Waals surface area contributed by atoms with Crippen molar-refractivity contribution in [2.45, 2.75) is 73.1 Å².